The minimum absolute atomic E-state index is 0.164. The Hall–Kier alpha value is -1.75. The number of hydrogen-bond donors (Lipinski definition) is 2. The Morgan fingerprint density at radius 2 is 1.95 bits per heavy atom. The van der Waals surface area contributed by atoms with Crippen molar-refractivity contribution in [1.82, 2.24) is 10.6 Å². The van der Waals surface area contributed by atoms with Crippen LogP contribution in [0.5, 0.6) is 0 Å². The first-order chi connectivity index (χ1) is 10.7. The second kappa shape index (κ2) is 10.9. The Morgan fingerprint density at radius 1 is 1.23 bits per heavy atom. The summed E-state index contributed by atoms with van der Waals surface area (Å²) in [5.41, 5.74) is 1.10. The fourth-order valence-electron chi connectivity index (χ4n) is 1.81. The van der Waals surface area contributed by atoms with Crippen molar-refractivity contribution < 1.29 is 9.53 Å². The number of hydrogen-bond acceptors (Lipinski definition) is 3. The van der Waals surface area contributed by atoms with E-state index in [1.165, 1.54) is 7.11 Å². The van der Waals surface area contributed by atoms with Gasteiger partial charge in [0.05, 0.1) is 13.7 Å². The number of nitrogens with one attached hydrogen (secondary N) is 2. The molecule has 0 aliphatic carbocycles. The van der Waals surface area contributed by atoms with E-state index in [9.17, 15) is 4.79 Å². The molecule has 22 heavy (non-hydrogen) atoms. The van der Waals surface area contributed by atoms with Crippen LogP contribution in [0.4, 0.5) is 0 Å². The number of guanidine groups is 1. The number of carbonyl (C=O) groups excluding carboxylic acids is 1. The van der Waals surface area contributed by atoms with Gasteiger partial charge in [0.15, 0.2) is 5.96 Å². The Kier molecular flexibility index (Phi) is 9.07. The van der Waals surface area contributed by atoms with Crippen molar-refractivity contribution in [2.75, 3.05) is 20.2 Å². The lowest BCUT2D eigenvalue weighted by atomic mass is 10.2. The maximum absolute atomic E-state index is 11.0. The SMILES string of the molecule is CCNC(=NCc1ccc(Cl)cc1)NCCCCC(=O)OC. The summed E-state index contributed by atoms with van der Waals surface area (Å²) in [6.07, 6.45) is 2.15. The highest BCUT2D eigenvalue weighted by Crippen LogP contribution is 2.10. The van der Waals surface area contributed by atoms with Gasteiger partial charge in [0.1, 0.15) is 0 Å². The molecule has 5 nitrogen and oxygen atoms in total. The van der Waals surface area contributed by atoms with E-state index in [1.54, 1.807) is 0 Å². The average molecular weight is 326 g/mol. The second-order valence-corrected chi connectivity index (χ2v) is 5.22. The van der Waals surface area contributed by atoms with Crippen LogP contribution < -0.4 is 10.6 Å². The summed E-state index contributed by atoms with van der Waals surface area (Å²) in [4.78, 5) is 15.5. The zero-order valence-corrected chi connectivity index (χ0v) is 13.9. The monoisotopic (exact) mass is 325 g/mol. The molecule has 0 unspecified atom stereocenters. The molecular formula is C16H24ClN3O2. The van der Waals surface area contributed by atoms with Crippen LogP contribution in [0.3, 0.4) is 0 Å². The molecule has 0 spiro atoms. The molecule has 122 valence electrons. The van der Waals surface area contributed by atoms with Crippen LogP contribution in [-0.2, 0) is 16.1 Å². The summed E-state index contributed by atoms with van der Waals surface area (Å²) in [5.74, 6) is 0.610. The molecule has 0 atom stereocenters. The lowest BCUT2D eigenvalue weighted by molar-refractivity contribution is -0.140. The minimum Gasteiger partial charge on any atom is -0.469 e. The van der Waals surface area contributed by atoms with E-state index in [1.807, 2.05) is 31.2 Å². The standard InChI is InChI=1S/C16H24ClN3O2/c1-3-18-16(19-11-5-4-6-15(21)22-2)20-12-13-7-9-14(17)10-8-13/h7-10H,3-6,11-12H2,1-2H3,(H2,18,19,20). The predicted octanol–water partition coefficient (Wildman–Crippen LogP) is 2.74. The van der Waals surface area contributed by atoms with E-state index < -0.39 is 0 Å². The number of methoxy groups -OCH3 is 1. The first-order valence-corrected chi connectivity index (χ1v) is 7.87. The van der Waals surface area contributed by atoms with Crippen LogP contribution in [0.2, 0.25) is 5.02 Å². The van der Waals surface area contributed by atoms with E-state index in [-0.39, 0.29) is 5.97 Å². The van der Waals surface area contributed by atoms with Crippen LogP contribution in [-0.4, -0.2) is 32.1 Å². The number of esters is 1. The number of unbranched alkanes of at least 4 members (excludes halogenated alkanes) is 1. The molecule has 0 aromatic heterocycles. The van der Waals surface area contributed by atoms with Gasteiger partial charge in [0.2, 0.25) is 0 Å². The highest BCUT2D eigenvalue weighted by Gasteiger charge is 2.01. The van der Waals surface area contributed by atoms with Crippen molar-refractivity contribution in [3.05, 3.63) is 34.9 Å². The fraction of sp³-hybridized carbons (Fsp3) is 0.500. The van der Waals surface area contributed by atoms with Gasteiger partial charge in [-0.05, 0) is 37.5 Å². The Balaban J connectivity index is 2.35. The summed E-state index contributed by atoms with van der Waals surface area (Å²) in [5, 5.41) is 7.18. The van der Waals surface area contributed by atoms with Gasteiger partial charge in [-0.15, -0.1) is 0 Å². The van der Waals surface area contributed by atoms with E-state index in [4.69, 9.17) is 11.6 Å². The molecule has 1 aromatic carbocycles. The maximum atomic E-state index is 11.0. The number of halogens is 1. The molecule has 1 aromatic rings. The summed E-state index contributed by atoms with van der Waals surface area (Å²) < 4.78 is 4.61. The number of ether oxygens (including phenoxy) is 1. The number of nitrogens with zero attached hydrogens (tertiary/aromatic N) is 1. The normalized spacial score (nSPS) is 11.1. The highest BCUT2D eigenvalue weighted by atomic mass is 35.5. The van der Waals surface area contributed by atoms with E-state index in [0.29, 0.717) is 13.0 Å². The van der Waals surface area contributed by atoms with E-state index in [0.717, 1.165) is 42.5 Å². The average Bonchev–Trinajstić information content (AvgIpc) is 2.53. The van der Waals surface area contributed by atoms with Crippen molar-refractivity contribution in [2.45, 2.75) is 32.7 Å². The molecule has 6 heteroatoms. The van der Waals surface area contributed by atoms with Crippen molar-refractivity contribution in [3.8, 4) is 0 Å². The first-order valence-electron chi connectivity index (χ1n) is 7.49. The number of benzene rings is 1. The Bertz CT molecular complexity index is 475. The van der Waals surface area contributed by atoms with Gasteiger partial charge in [-0.25, -0.2) is 4.99 Å². The smallest absolute Gasteiger partial charge is 0.305 e. The fourth-order valence-corrected chi connectivity index (χ4v) is 1.93. The van der Waals surface area contributed by atoms with E-state index >= 15 is 0 Å². The molecular weight excluding hydrogens is 302 g/mol. The van der Waals surface area contributed by atoms with Crippen molar-refractivity contribution in [1.29, 1.82) is 0 Å². The lowest BCUT2D eigenvalue weighted by Crippen LogP contribution is -2.37. The van der Waals surface area contributed by atoms with Gasteiger partial charge < -0.3 is 15.4 Å². The predicted molar refractivity (Wildman–Crippen MR) is 90.1 cm³/mol. The van der Waals surface area contributed by atoms with Gasteiger partial charge in [-0.1, -0.05) is 23.7 Å². The van der Waals surface area contributed by atoms with Crippen LogP contribution in [0.1, 0.15) is 31.7 Å². The van der Waals surface area contributed by atoms with Crippen LogP contribution in [0, 0.1) is 0 Å². The number of aliphatic imine (C=N–C) groups is 1. The molecule has 0 radical (unpaired) electrons. The summed E-state index contributed by atoms with van der Waals surface area (Å²) in [6.45, 7) is 4.18. The molecule has 0 aliphatic rings. The third kappa shape index (κ3) is 7.88. The highest BCUT2D eigenvalue weighted by molar-refractivity contribution is 6.30. The van der Waals surface area contributed by atoms with Gasteiger partial charge in [-0.3, -0.25) is 4.79 Å². The zero-order valence-electron chi connectivity index (χ0n) is 13.2. The third-order valence-corrected chi connectivity index (χ3v) is 3.26. The number of carbonyl (C=O) groups is 1. The minimum atomic E-state index is -0.164. The molecule has 0 amide bonds. The summed E-state index contributed by atoms with van der Waals surface area (Å²) in [7, 11) is 1.41. The Morgan fingerprint density at radius 3 is 2.59 bits per heavy atom. The van der Waals surface area contributed by atoms with Gasteiger partial charge in [0, 0.05) is 24.5 Å². The quantitative estimate of drug-likeness (QED) is 0.334. The summed E-state index contributed by atoms with van der Waals surface area (Å²) in [6, 6.07) is 7.65. The van der Waals surface area contributed by atoms with Gasteiger partial charge in [-0.2, -0.15) is 0 Å². The first kappa shape index (κ1) is 18.3. The van der Waals surface area contributed by atoms with Crippen molar-refractivity contribution >= 4 is 23.5 Å². The van der Waals surface area contributed by atoms with Gasteiger partial charge in [0.25, 0.3) is 0 Å². The zero-order chi connectivity index (χ0) is 16.2. The molecule has 0 fully saturated rings. The lowest BCUT2D eigenvalue weighted by Gasteiger charge is -2.11. The topological polar surface area (TPSA) is 62.7 Å². The summed E-state index contributed by atoms with van der Waals surface area (Å²) >= 11 is 5.86. The maximum Gasteiger partial charge on any atom is 0.305 e. The molecule has 0 saturated heterocycles. The molecule has 1 rings (SSSR count). The van der Waals surface area contributed by atoms with E-state index in [2.05, 4.69) is 20.4 Å². The molecule has 0 aliphatic heterocycles. The molecule has 2 N–H and O–H groups in total. The van der Waals surface area contributed by atoms with Crippen molar-refractivity contribution in [2.24, 2.45) is 4.99 Å². The largest absolute Gasteiger partial charge is 0.469 e. The Labute approximate surface area is 137 Å². The van der Waals surface area contributed by atoms with Gasteiger partial charge >= 0.3 is 5.97 Å². The molecule has 0 saturated carbocycles. The third-order valence-electron chi connectivity index (χ3n) is 3.01. The molecule has 0 heterocycles. The van der Waals surface area contributed by atoms with Crippen LogP contribution >= 0.6 is 11.6 Å². The second-order valence-electron chi connectivity index (χ2n) is 4.78. The van der Waals surface area contributed by atoms with Crippen molar-refractivity contribution in [3.63, 3.8) is 0 Å². The molecule has 0 bridgehead atoms. The van der Waals surface area contributed by atoms with Crippen LogP contribution in [0.25, 0.3) is 0 Å². The number of rotatable bonds is 8. The van der Waals surface area contributed by atoms with Crippen LogP contribution in [0.15, 0.2) is 29.3 Å².